The van der Waals surface area contributed by atoms with Crippen LogP contribution in [0.25, 0.3) is 0 Å². The van der Waals surface area contributed by atoms with Gasteiger partial charge in [0.2, 0.25) is 0 Å². The van der Waals surface area contributed by atoms with E-state index in [0.717, 1.165) is 61.5 Å². The molecular weight excluding hydrogens is 487 g/mol. The SMILES string of the molecule is CN=C(NCCCc1nnc2n1CCCCC2)N(C)Cc1cccc(Cl)c1.I. The fourth-order valence-electron chi connectivity index (χ4n) is 3.55. The number of hydrogen-bond acceptors (Lipinski definition) is 3. The molecule has 2 heterocycles. The van der Waals surface area contributed by atoms with Crippen LogP contribution in [0.1, 0.15) is 42.9 Å². The Kier molecular flexibility index (Phi) is 9.50. The molecule has 1 aromatic carbocycles. The minimum atomic E-state index is 0. The summed E-state index contributed by atoms with van der Waals surface area (Å²) in [5.74, 6) is 3.17. The molecule has 0 aliphatic carbocycles. The molecule has 0 radical (unpaired) electrons. The number of aliphatic imine (C=N–C) groups is 1. The summed E-state index contributed by atoms with van der Waals surface area (Å²) >= 11 is 6.08. The Bertz CT molecular complexity index is 776. The summed E-state index contributed by atoms with van der Waals surface area (Å²) in [7, 11) is 3.85. The van der Waals surface area contributed by atoms with Crippen LogP contribution in [-0.4, -0.2) is 46.3 Å². The Morgan fingerprint density at radius 2 is 2.14 bits per heavy atom. The maximum atomic E-state index is 6.08. The van der Waals surface area contributed by atoms with Crippen LogP contribution in [0.5, 0.6) is 0 Å². The van der Waals surface area contributed by atoms with Crippen molar-refractivity contribution in [3.63, 3.8) is 0 Å². The molecule has 1 aliphatic rings. The number of halogens is 2. The smallest absolute Gasteiger partial charge is 0.193 e. The quantitative estimate of drug-likeness (QED) is 0.274. The van der Waals surface area contributed by atoms with Gasteiger partial charge in [-0.3, -0.25) is 4.99 Å². The Balaban J connectivity index is 0.00000280. The fraction of sp³-hybridized carbons (Fsp3) is 0.550. The number of rotatable bonds is 6. The van der Waals surface area contributed by atoms with E-state index in [0.29, 0.717) is 0 Å². The molecule has 0 atom stereocenters. The number of benzene rings is 1. The van der Waals surface area contributed by atoms with Crippen molar-refractivity contribution in [2.75, 3.05) is 20.6 Å². The molecule has 0 fully saturated rings. The molecule has 0 amide bonds. The molecule has 0 bridgehead atoms. The van der Waals surface area contributed by atoms with E-state index >= 15 is 0 Å². The summed E-state index contributed by atoms with van der Waals surface area (Å²) < 4.78 is 2.33. The lowest BCUT2D eigenvalue weighted by Gasteiger charge is -2.22. The highest BCUT2D eigenvalue weighted by molar-refractivity contribution is 14.0. The van der Waals surface area contributed by atoms with Crippen LogP contribution in [0.4, 0.5) is 0 Å². The number of fused-ring (bicyclic) bond motifs is 1. The molecule has 2 aromatic rings. The lowest BCUT2D eigenvalue weighted by Crippen LogP contribution is -2.39. The van der Waals surface area contributed by atoms with E-state index in [1.54, 1.807) is 0 Å². The highest BCUT2D eigenvalue weighted by Crippen LogP contribution is 2.15. The second kappa shape index (κ2) is 11.6. The van der Waals surface area contributed by atoms with Crippen LogP contribution in [0, 0.1) is 0 Å². The molecule has 1 aromatic heterocycles. The summed E-state index contributed by atoms with van der Waals surface area (Å²) in [6.45, 7) is 2.68. The average molecular weight is 517 g/mol. The normalized spacial score (nSPS) is 14.0. The van der Waals surface area contributed by atoms with Crippen molar-refractivity contribution in [3.8, 4) is 0 Å². The predicted molar refractivity (Wildman–Crippen MR) is 126 cm³/mol. The van der Waals surface area contributed by atoms with Crippen LogP contribution in [0.3, 0.4) is 0 Å². The summed E-state index contributed by atoms with van der Waals surface area (Å²) in [5, 5.41) is 13.0. The van der Waals surface area contributed by atoms with E-state index in [-0.39, 0.29) is 24.0 Å². The molecule has 3 rings (SSSR count). The summed E-state index contributed by atoms with van der Waals surface area (Å²) in [6, 6.07) is 7.93. The highest BCUT2D eigenvalue weighted by atomic mass is 127. The van der Waals surface area contributed by atoms with Gasteiger partial charge in [-0.1, -0.05) is 30.2 Å². The zero-order valence-electron chi connectivity index (χ0n) is 16.7. The lowest BCUT2D eigenvalue weighted by molar-refractivity contribution is 0.475. The van der Waals surface area contributed by atoms with Crippen molar-refractivity contribution in [2.24, 2.45) is 4.99 Å². The van der Waals surface area contributed by atoms with E-state index in [1.807, 2.05) is 32.3 Å². The third-order valence-corrected chi connectivity index (χ3v) is 5.16. The van der Waals surface area contributed by atoms with Gasteiger partial charge >= 0.3 is 0 Å². The fourth-order valence-corrected chi connectivity index (χ4v) is 3.76. The molecule has 1 aliphatic heterocycles. The Morgan fingerprint density at radius 1 is 1.29 bits per heavy atom. The minimum absolute atomic E-state index is 0. The van der Waals surface area contributed by atoms with Crippen molar-refractivity contribution in [1.82, 2.24) is 25.0 Å². The van der Waals surface area contributed by atoms with E-state index in [2.05, 4.69) is 36.0 Å². The first kappa shape index (κ1) is 22.9. The van der Waals surface area contributed by atoms with E-state index < -0.39 is 0 Å². The third kappa shape index (κ3) is 6.34. The Labute approximate surface area is 189 Å². The van der Waals surface area contributed by atoms with Crippen molar-refractivity contribution in [2.45, 2.75) is 51.6 Å². The number of nitrogens with zero attached hydrogens (tertiary/aromatic N) is 5. The largest absolute Gasteiger partial charge is 0.356 e. The molecule has 0 saturated heterocycles. The zero-order chi connectivity index (χ0) is 19.1. The Morgan fingerprint density at radius 3 is 2.93 bits per heavy atom. The van der Waals surface area contributed by atoms with Crippen molar-refractivity contribution >= 4 is 41.5 Å². The van der Waals surface area contributed by atoms with Gasteiger partial charge in [0.05, 0.1) is 0 Å². The second-order valence-electron chi connectivity index (χ2n) is 7.06. The van der Waals surface area contributed by atoms with E-state index in [4.69, 9.17) is 11.6 Å². The van der Waals surface area contributed by atoms with Gasteiger partial charge in [-0.2, -0.15) is 0 Å². The number of nitrogens with one attached hydrogen (secondary N) is 1. The van der Waals surface area contributed by atoms with Gasteiger partial charge in [0, 0.05) is 51.6 Å². The molecule has 8 heteroatoms. The molecule has 0 unspecified atom stereocenters. The van der Waals surface area contributed by atoms with Crippen LogP contribution < -0.4 is 5.32 Å². The van der Waals surface area contributed by atoms with Gasteiger partial charge < -0.3 is 14.8 Å². The van der Waals surface area contributed by atoms with Crippen molar-refractivity contribution < 1.29 is 0 Å². The van der Waals surface area contributed by atoms with Crippen molar-refractivity contribution in [3.05, 3.63) is 46.5 Å². The number of aromatic nitrogens is 3. The van der Waals surface area contributed by atoms with E-state index in [1.165, 1.54) is 24.8 Å². The minimum Gasteiger partial charge on any atom is -0.356 e. The maximum absolute atomic E-state index is 6.08. The van der Waals surface area contributed by atoms with Crippen LogP contribution >= 0.6 is 35.6 Å². The van der Waals surface area contributed by atoms with Gasteiger partial charge in [0.1, 0.15) is 11.6 Å². The van der Waals surface area contributed by atoms with Gasteiger partial charge in [0.25, 0.3) is 0 Å². The van der Waals surface area contributed by atoms with Crippen molar-refractivity contribution in [1.29, 1.82) is 0 Å². The van der Waals surface area contributed by atoms with E-state index in [9.17, 15) is 0 Å². The predicted octanol–water partition coefficient (Wildman–Crippen LogP) is 3.92. The van der Waals surface area contributed by atoms with Gasteiger partial charge in [-0.15, -0.1) is 34.2 Å². The second-order valence-corrected chi connectivity index (χ2v) is 7.49. The number of hydrogen-bond donors (Lipinski definition) is 1. The molecule has 6 nitrogen and oxygen atoms in total. The van der Waals surface area contributed by atoms with Crippen LogP contribution in [-0.2, 0) is 25.9 Å². The Hall–Kier alpha value is -1.35. The van der Waals surface area contributed by atoms with Gasteiger partial charge in [-0.05, 0) is 37.0 Å². The number of guanidine groups is 1. The van der Waals surface area contributed by atoms with Crippen LogP contribution in [0.2, 0.25) is 5.02 Å². The molecule has 154 valence electrons. The first-order valence-electron chi connectivity index (χ1n) is 9.74. The molecule has 28 heavy (non-hydrogen) atoms. The van der Waals surface area contributed by atoms with Crippen LogP contribution in [0.15, 0.2) is 29.3 Å². The molecule has 0 saturated carbocycles. The lowest BCUT2D eigenvalue weighted by atomic mass is 10.2. The molecule has 1 N–H and O–H groups in total. The highest BCUT2D eigenvalue weighted by Gasteiger charge is 2.14. The topological polar surface area (TPSA) is 58.3 Å². The molecular formula is C20H30ClIN6. The molecule has 0 spiro atoms. The average Bonchev–Trinajstić information content (AvgIpc) is 2.88. The summed E-state index contributed by atoms with van der Waals surface area (Å²) in [4.78, 5) is 6.49. The standard InChI is InChI=1S/C20H29ClN6.HI/c1-22-20(26(2)15-16-8-6-9-17(21)14-16)23-12-7-11-19-25-24-18-10-4-3-5-13-27(18)19;/h6,8-9,14H,3-5,7,10-13,15H2,1-2H3,(H,22,23);1H. The first-order chi connectivity index (χ1) is 13.2. The maximum Gasteiger partial charge on any atom is 0.193 e. The summed E-state index contributed by atoms with van der Waals surface area (Å²) in [6.07, 6.45) is 6.76. The van der Waals surface area contributed by atoms with Gasteiger partial charge in [0.15, 0.2) is 5.96 Å². The first-order valence-corrected chi connectivity index (χ1v) is 10.1. The third-order valence-electron chi connectivity index (χ3n) is 4.93. The monoisotopic (exact) mass is 516 g/mol. The number of aryl methyl sites for hydroxylation is 2. The zero-order valence-corrected chi connectivity index (χ0v) is 19.8. The summed E-state index contributed by atoms with van der Waals surface area (Å²) in [5.41, 5.74) is 1.17. The van der Waals surface area contributed by atoms with Gasteiger partial charge in [-0.25, -0.2) is 0 Å².